The van der Waals surface area contributed by atoms with Crippen LogP contribution in [-0.2, 0) is 4.79 Å². The molecule has 1 atom stereocenters. The SMILES string of the molecule is [CH2][C@H](N)C(=O)C1CCCCC1. The zero-order valence-corrected chi connectivity index (χ0v) is 6.88. The van der Waals surface area contributed by atoms with Crippen LogP contribution in [0.15, 0.2) is 0 Å². The fourth-order valence-corrected chi connectivity index (χ4v) is 1.69. The lowest BCUT2D eigenvalue weighted by molar-refractivity contribution is -0.124. The fraction of sp³-hybridized carbons (Fsp3) is 0.778. The molecule has 0 aromatic carbocycles. The molecule has 1 aliphatic carbocycles. The van der Waals surface area contributed by atoms with Crippen molar-refractivity contribution >= 4 is 5.78 Å². The summed E-state index contributed by atoms with van der Waals surface area (Å²) in [5, 5.41) is 0. The van der Waals surface area contributed by atoms with Crippen molar-refractivity contribution in [1.82, 2.24) is 0 Å². The lowest BCUT2D eigenvalue weighted by Crippen LogP contribution is -2.33. The Morgan fingerprint density at radius 2 is 1.91 bits per heavy atom. The lowest BCUT2D eigenvalue weighted by atomic mass is 9.84. The molecule has 1 rings (SSSR count). The normalized spacial score (nSPS) is 23.1. The van der Waals surface area contributed by atoms with Gasteiger partial charge >= 0.3 is 0 Å². The molecule has 2 N–H and O–H groups in total. The van der Waals surface area contributed by atoms with E-state index in [0.29, 0.717) is 0 Å². The summed E-state index contributed by atoms with van der Waals surface area (Å²) in [5.74, 6) is 0.376. The highest BCUT2D eigenvalue weighted by Gasteiger charge is 2.22. The summed E-state index contributed by atoms with van der Waals surface area (Å²) in [7, 11) is 0. The Morgan fingerprint density at radius 3 is 2.36 bits per heavy atom. The van der Waals surface area contributed by atoms with Crippen molar-refractivity contribution < 1.29 is 4.79 Å². The van der Waals surface area contributed by atoms with Gasteiger partial charge in [0.05, 0.1) is 6.04 Å². The maximum atomic E-state index is 11.3. The molecule has 0 spiro atoms. The van der Waals surface area contributed by atoms with Gasteiger partial charge in [-0.1, -0.05) is 19.3 Å². The maximum absolute atomic E-state index is 11.3. The van der Waals surface area contributed by atoms with E-state index in [-0.39, 0.29) is 11.7 Å². The summed E-state index contributed by atoms with van der Waals surface area (Å²) >= 11 is 0. The van der Waals surface area contributed by atoms with Crippen molar-refractivity contribution in [3.63, 3.8) is 0 Å². The van der Waals surface area contributed by atoms with Gasteiger partial charge in [-0.25, -0.2) is 0 Å². The van der Waals surface area contributed by atoms with Gasteiger partial charge in [0, 0.05) is 5.92 Å². The summed E-state index contributed by atoms with van der Waals surface area (Å²) in [6, 6.07) is -0.502. The number of rotatable bonds is 2. The van der Waals surface area contributed by atoms with Crippen LogP contribution in [0.25, 0.3) is 0 Å². The van der Waals surface area contributed by atoms with Crippen LogP contribution < -0.4 is 5.73 Å². The first-order valence-electron chi connectivity index (χ1n) is 4.34. The predicted octanol–water partition coefficient (Wildman–Crippen LogP) is 1.30. The minimum absolute atomic E-state index is 0.157. The smallest absolute Gasteiger partial charge is 0.152 e. The minimum atomic E-state index is -0.502. The molecule has 1 fully saturated rings. The van der Waals surface area contributed by atoms with Crippen molar-refractivity contribution in [3.05, 3.63) is 6.92 Å². The number of nitrogens with two attached hydrogens (primary N) is 1. The van der Waals surface area contributed by atoms with E-state index in [0.717, 1.165) is 12.8 Å². The first-order chi connectivity index (χ1) is 5.22. The molecule has 11 heavy (non-hydrogen) atoms. The molecule has 0 aliphatic heterocycles. The van der Waals surface area contributed by atoms with Gasteiger partial charge in [-0.3, -0.25) is 4.79 Å². The van der Waals surface area contributed by atoms with Gasteiger partial charge in [0.25, 0.3) is 0 Å². The zero-order valence-electron chi connectivity index (χ0n) is 6.88. The Labute approximate surface area is 68.2 Å². The molecule has 0 unspecified atom stereocenters. The van der Waals surface area contributed by atoms with Crippen LogP contribution in [0.3, 0.4) is 0 Å². The topological polar surface area (TPSA) is 43.1 Å². The van der Waals surface area contributed by atoms with Crippen molar-refractivity contribution in [2.75, 3.05) is 0 Å². The number of ketones is 1. The van der Waals surface area contributed by atoms with Gasteiger partial charge in [-0.2, -0.15) is 0 Å². The van der Waals surface area contributed by atoms with Crippen LogP contribution in [0.4, 0.5) is 0 Å². The Balaban J connectivity index is 2.39. The molecule has 0 saturated heterocycles. The van der Waals surface area contributed by atoms with Crippen molar-refractivity contribution in [2.24, 2.45) is 11.7 Å². The van der Waals surface area contributed by atoms with Crippen LogP contribution in [0, 0.1) is 12.8 Å². The lowest BCUT2D eigenvalue weighted by Gasteiger charge is -2.21. The molecule has 0 heterocycles. The quantitative estimate of drug-likeness (QED) is 0.651. The molecule has 0 amide bonds. The Kier molecular flexibility index (Phi) is 3.06. The Bertz CT molecular complexity index is 136. The number of Topliss-reactive ketones (excluding diaryl/α,β-unsaturated/α-hetero) is 1. The number of hydrogen-bond acceptors (Lipinski definition) is 2. The largest absolute Gasteiger partial charge is 0.321 e. The molecule has 0 aromatic heterocycles. The highest BCUT2D eigenvalue weighted by molar-refractivity contribution is 5.86. The average Bonchev–Trinajstić information content (AvgIpc) is 2.05. The third-order valence-electron chi connectivity index (χ3n) is 2.37. The van der Waals surface area contributed by atoms with Gasteiger partial charge in [0.2, 0.25) is 0 Å². The summed E-state index contributed by atoms with van der Waals surface area (Å²) in [4.78, 5) is 11.3. The monoisotopic (exact) mass is 154 g/mol. The second-order valence-corrected chi connectivity index (χ2v) is 3.34. The molecular formula is C9H16NO. The zero-order chi connectivity index (χ0) is 8.27. The third-order valence-corrected chi connectivity index (χ3v) is 2.37. The van der Waals surface area contributed by atoms with E-state index >= 15 is 0 Å². The fourth-order valence-electron chi connectivity index (χ4n) is 1.69. The van der Waals surface area contributed by atoms with Gasteiger partial charge in [0.15, 0.2) is 5.78 Å². The molecule has 1 aliphatic rings. The standard InChI is InChI=1S/C9H16NO/c1-7(10)9(11)8-5-3-2-4-6-8/h7-8H,1-6,10H2/t7-/m0/s1. The van der Waals surface area contributed by atoms with Crippen molar-refractivity contribution in [1.29, 1.82) is 0 Å². The van der Waals surface area contributed by atoms with E-state index in [1.165, 1.54) is 19.3 Å². The van der Waals surface area contributed by atoms with Crippen LogP contribution in [0.2, 0.25) is 0 Å². The van der Waals surface area contributed by atoms with Gasteiger partial charge < -0.3 is 5.73 Å². The average molecular weight is 154 g/mol. The highest BCUT2D eigenvalue weighted by atomic mass is 16.1. The number of hydrogen-bond donors (Lipinski definition) is 1. The van der Waals surface area contributed by atoms with Gasteiger partial charge in [-0.15, -0.1) is 0 Å². The van der Waals surface area contributed by atoms with E-state index in [1.54, 1.807) is 0 Å². The Morgan fingerprint density at radius 1 is 1.36 bits per heavy atom. The molecular weight excluding hydrogens is 138 g/mol. The molecule has 63 valence electrons. The van der Waals surface area contributed by atoms with E-state index in [1.807, 2.05) is 0 Å². The molecule has 1 radical (unpaired) electrons. The first kappa shape index (κ1) is 8.72. The number of carbonyl (C=O) groups is 1. The summed E-state index contributed by atoms with van der Waals surface area (Å²) in [5.41, 5.74) is 5.41. The van der Waals surface area contributed by atoms with Crippen LogP contribution in [0.1, 0.15) is 32.1 Å². The van der Waals surface area contributed by atoms with Crippen LogP contribution in [0.5, 0.6) is 0 Å². The first-order valence-corrected chi connectivity index (χ1v) is 4.34. The number of carbonyl (C=O) groups excluding carboxylic acids is 1. The minimum Gasteiger partial charge on any atom is -0.321 e. The predicted molar refractivity (Wildman–Crippen MR) is 44.9 cm³/mol. The summed E-state index contributed by atoms with van der Waals surface area (Å²) in [6.07, 6.45) is 5.70. The van der Waals surface area contributed by atoms with E-state index in [2.05, 4.69) is 6.92 Å². The van der Waals surface area contributed by atoms with E-state index in [4.69, 9.17) is 5.73 Å². The second-order valence-electron chi connectivity index (χ2n) is 3.34. The Hall–Kier alpha value is -0.370. The highest BCUT2D eigenvalue weighted by Crippen LogP contribution is 2.24. The third kappa shape index (κ3) is 2.29. The molecule has 2 nitrogen and oxygen atoms in total. The second kappa shape index (κ2) is 3.86. The van der Waals surface area contributed by atoms with Crippen LogP contribution >= 0.6 is 0 Å². The van der Waals surface area contributed by atoms with Crippen molar-refractivity contribution in [3.8, 4) is 0 Å². The van der Waals surface area contributed by atoms with Crippen molar-refractivity contribution in [2.45, 2.75) is 38.1 Å². The van der Waals surface area contributed by atoms with E-state index in [9.17, 15) is 4.79 Å². The molecule has 2 heteroatoms. The molecule has 0 aromatic rings. The van der Waals surface area contributed by atoms with Gasteiger partial charge in [-0.05, 0) is 19.8 Å². The maximum Gasteiger partial charge on any atom is 0.152 e. The van der Waals surface area contributed by atoms with E-state index < -0.39 is 6.04 Å². The van der Waals surface area contributed by atoms with Crippen LogP contribution in [-0.4, -0.2) is 11.8 Å². The molecule has 1 saturated carbocycles. The summed E-state index contributed by atoms with van der Waals surface area (Å²) in [6.45, 7) is 3.54. The summed E-state index contributed by atoms with van der Waals surface area (Å²) < 4.78 is 0. The van der Waals surface area contributed by atoms with Gasteiger partial charge in [0.1, 0.15) is 0 Å². The molecule has 0 bridgehead atoms.